The Morgan fingerprint density at radius 1 is 0.867 bits per heavy atom. The van der Waals surface area contributed by atoms with Crippen molar-refractivity contribution in [2.75, 3.05) is 6.54 Å². The number of aryl methyl sites for hydroxylation is 1. The number of hydrogen-bond donors (Lipinski definition) is 2. The van der Waals surface area contributed by atoms with Crippen LogP contribution in [-0.4, -0.2) is 43.8 Å². The topological polar surface area (TPSA) is 95.6 Å². The molecule has 7 nitrogen and oxygen atoms in total. The normalized spacial score (nSPS) is 15.6. The van der Waals surface area contributed by atoms with Crippen LogP contribution in [0.1, 0.15) is 68.1 Å². The summed E-state index contributed by atoms with van der Waals surface area (Å²) >= 11 is 0. The van der Waals surface area contributed by atoms with Crippen LogP contribution in [0.2, 0.25) is 0 Å². The minimum Gasteiger partial charge on any atom is -0.354 e. The van der Waals surface area contributed by atoms with Crippen molar-refractivity contribution < 1.29 is 22.4 Å². The molecule has 0 aliphatic heterocycles. The van der Waals surface area contributed by atoms with E-state index in [1.807, 2.05) is 30.3 Å². The third-order valence-corrected chi connectivity index (χ3v) is 9.96. The first-order chi connectivity index (χ1) is 21.8. The van der Waals surface area contributed by atoms with Gasteiger partial charge in [-0.3, -0.25) is 9.59 Å². The summed E-state index contributed by atoms with van der Waals surface area (Å²) in [5, 5.41) is 3.10. The Kier molecular flexibility index (Phi) is 11.2. The zero-order valence-electron chi connectivity index (χ0n) is 25.6. The van der Waals surface area contributed by atoms with Gasteiger partial charge in [0.05, 0.1) is 4.90 Å². The van der Waals surface area contributed by atoms with Crippen molar-refractivity contribution in [3.05, 3.63) is 113 Å². The molecule has 0 spiro atoms. The standard InChI is InChI=1S/C36H42FN3O4S/c37-31-16-11-30(12-17-31)26-40(35(41)22-15-28-13-20-33(21-14-28)45(43,44)39-32-18-19-32)34(25-29-9-5-2-6-10-29)36(42)38-24-23-27-7-3-1-4-8-27/h2,5-7,9-14,16-17,20-21,32,34,39H,1,3-4,8,15,18-19,22-26H2,(H,38,42)/t34-/m1/s1. The fraction of sp³-hybridized carbons (Fsp3) is 0.389. The van der Waals surface area contributed by atoms with Crippen LogP contribution in [0.25, 0.3) is 0 Å². The van der Waals surface area contributed by atoms with Gasteiger partial charge in [0.25, 0.3) is 0 Å². The Morgan fingerprint density at radius 3 is 2.24 bits per heavy atom. The second kappa shape index (κ2) is 15.5. The van der Waals surface area contributed by atoms with Gasteiger partial charge in [-0.05, 0) is 92.3 Å². The average Bonchev–Trinajstić information content (AvgIpc) is 3.87. The highest BCUT2D eigenvalue weighted by atomic mass is 32.2. The van der Waals surface area contributed by atoms with Gasteiger partial charge >= 0.3 is 0 Å². The first-order valence-electron chi connectivity index (χ1n) is 15.9. The number of allylic oxidation sites excluding steroid dienone is 1. The van der Waals surface area contributed by atoms with E-state index in [-0.39, 0.29) is 41.5 Å². The zero-order valence-corrected chi connectivity index (χ0v) is 26.4. The molecule has 0 aromatic heterocycles. The van der Waals surface area contributed by atoms with Crippen LogP contribution in [0.15, 0.2) is 95.4 Å². The number of benzene rings is 3. The van der Waals surface area contributed by atoms with Gasteiger partial charge in [0, 0.05) is 32.0 Å². The molecular weight excluding hydrogens is 589 g/mol. The first kappa shape index (κ1) is 32.6. The fourth-order valence-electron chi connectivity index (χ4n) is 5.66. The highest BCUT2D eigenvalue weighted by molar-refractivity contribution is 7.89. The van der Waals surface area contributed by atoms with E-state index in [0.717, 1.165) is 48.8 Å². The van der Waals surface area contributed by atoms with Crippen LogP contribution in [0.5, 0.6) is 0 Å². The van der Waals surface area contributed by atoms with E-state index in [0.29, 0.717) is 19.4 Å². The molecule has 2 amide bonds. The molecule has 0 radical (unpaired) electrons. The predicted molar refractivity (Wildman–Crippen MR) is 173 cm³/mol. The van der Waals surface area contributed by atoms with Crippen LogP contribution >= 0.6 is 0 Å². The maximum atomic E-state index is 14.0. The number of hydrogen-bond acceptors (Lipinski definition) is 4. The number of amides is 2. The quantitative estimate of drug-likeness (QED) is 0.206. The fourth-order valence-corrected chi connectivity index (χ4v) is 6.96. The molecule has 5 rings (SSSR count). The molecular formula is C36H42FN3O4S. The minimum atomic E-state index is -3.56. The van der Waals surface area contributed by atoms with Crippen molar-refractivity contribution >= 4 is 21.8 Å². The van der Waals surface area contributed by atoms with Crippen LogP contribution in [-0.2, 0) is 39.0 Å². The van der Waals surface area contributed by atoms with E-state index in [2.05, 4.69) is 16.1 Å². The first-order valence-corrected chi connectivity index (χ1v) is 17.4. The summed E-state index contributed by atoms with van der Waals surface area (Å²) in [5.74, 6) is -0.800. The van der Waals surface area contributed by atoms with E-state index in [4.69, 9.17) is 0 Å². The van der Waals surface area contributed by atoms with Gasteiger partial charge in [0.1, 0.15) is 11.9 Å². The third-order valence-electron chi connectivity index (χ3n) is 8.43. The number of rotatable bonds is 15. The molecule has 3 aromatic carbocycles. The van der Waals surface area contributed by atoms with Gasteiger partial charge in [0.15, 0.2) is 0 Å². The van der Waals surface area contributed by atoms with Gasteiger partial charge < -0.3 is 10.2 Å². The molecule has 2 aliphatic rings. The summed E-state index contributed by atoms with van der Waals surface area (Å²) in [4.78, 5) is 29.6. The summed E-state index contributed by atoms with van der Waals surface area (Å²) in [6.45, 7) is 0.651. The minimum absolute atomic E-state index is 0.0183. The largest absolute Gasteiger partial charge is 0.354 e. The van der Waals surface area contributed by atoms with E-state index in [1.54, 1.807) is 41.3 Å². The molecule has 0 unspecified atom stereocenters. The molecule has 238 valence electrons. The molecule has 45 heavy (non-hydrogen) atoms. The van der Waals surface area contributed by atoms with Crippen LogP contribution in [0.4, 0.5) is 4.39 Å². The highest BCUT2D eigenvalue weighted by Gasteiger charge is 2.31. The lowest BCUT2D eigenvalue weighted by molar-refractivity contribution is -0.141. The molecule has 1 fully saturated rings. The van der Waals surface area contributed by atoms with Crippen molar-refractivity contribution in [3.63, 3.8) is 0 Å². The summed E-state index contributed by atoms with van der Waals surface area (Å²) in [6.07, 6.45) is 10.1. The van der Waals surface area contributed by atoms with Crippen LogP contribution < -0.4 is 10.0 Å². The van der Waals surface area contributed by atoms with E-state index in [1.165, 1.54) is 30.5 Å². The monoisotopic (exact) mass is 631 g/mol. The van der Waals surface area contributed by atoms with Crippen LogP contribution in [0.3, 0.4) is 0 Å². The van der Waals surface area contributed by atoms with E-state index < -0.39 is 16.1 Å². The Bertz CT molecular complexity index is 1570. The summed E-state index contributed by atoms with van der Waals surface area (Å²) in [6, 6.07) is 21.4. The highest BCUT2D eigenvalue weighted by Crippen LogP contribution is 2.23. The smallest absolute Gasteiger partial charge is 0.243 e. The Morgan fingerprint density at radius 2 is 1.58 bits per heavy atom. The zero-order chi connectivity index (χ0) is 31.6. The molecule has 2 aliphatic carbocycles. The summed E-state index contributed by atoms with van der Waals surface area (Å²) < 4.78 is 41.5. The predicted octanol–water partition coefficient (Wildman–Crippen LogP) is 5.85. The van der Waals surface area contributed by atoms with Gasteiger partial charge in [0.2, 0.25) is 21.8 Å². The maximum absolute atomic E-state index is 14.0. The lowest BCUT2D eigenvalue weighted by Gasteiger charge is -2.32. The molecule has 0 bridgehead atoms. The number of carbonyl (C=O) groups is 2. The second-order valence-electron chi connectivity index (χ2n) is 12.0. The average molecular weight is 632 g/mol. The van der Waals surface area contributed by atoms with Crippen molar-refractivity contribution in [3.8, 4) is 0 Å². The molecule has 1 atom stereocenters. The Labute approximate surface area is 266 Å². The van der Waals surface area contributed by atoms with E-state index >= 15 is 0 Å². The maximum Gasteiger partial charge on any atom is 0.243 e. The van der Waals surface area contributed by atoms with Gasteiger partial charge in [-0.1, -0.05) is 66.2 Å². The summed E-state index contributed by atoms with van der Waals surface area (Å²) in [5.41, 5.74) is 3.84. The lowest BCUT2D eigenvalue weighted by Crippen LogP contribution is -2.50. The lowest BCUT2D eigenvalue weighted by atomic mass is 9.97. The summed E-state index contributed by atoms with van der Waals surface area (Å²) in [7, 11) is -3.56. The molecule has 0 saturated heterocycles. The number of halogens is 1. The SMILES string of the molecule is O=C(NCCC1=CCCCC1)[C@@H](Cc1ccccc1)N(Cc1ccc(F)cc1)C(=O)CCc1ccc(S(=O)(=O)NC2CC2)cc1. The molecule has 9 heteroatoms. The molecule has 2 N–H and O–H groups in total. The molecule has 1 saturated carbocycles. The number of nitrogens with zero attached hydrogens (tertiary/aromatic N) is 1. The molecule has 3 aromatic rings. The van der Waals surface area contributed by atoms with Gasteiger partial charge in [-0.15, -0.1) is 0 Å². The van der Waals surface area contributed by atoms with E-state index in [9.17, 15) is 22.4 Å². The Hall–Kier alpha value is -3.82. The Balaban J connectivity index is 1.32. The van der Waals surface area contributed by atoms with Crippen molar-refractivity contribution in [1.82, 2.24) is 14.9 Å². The third kappa shape index (κ3) is 9.83. The van der Waals surface area contributed by atoms with Crippen molar-refractivity contribution in [1.29, 1.82) is 0 Å². The number of nitrogens with one attached hydrogen (secondary N) is 2. The van der Waals surface area contributed by atoms with Crippen LogP contribution in [0, 0.1) is 5.82 Å². The van der Waals surface area contributed by atoms with Crippen molar-refractivity contribution in [2.24, 2.45) is 0 Å². The second-order valence-corrected chi connectivity index (χ2v) is 13.8. The number of sulfonamides is 1. The van der Waals surface area contributed by atoms with Crippen molar-refractivity contribution in [2.45, 2.75) is 87.7 Å². The number of carbonyl (C=O) groups excluding carboxylic acids is 2. The van der Waals surface area contributed by atoms with Gasteiger partial charge in [-0.2, -0.15) is 0 Å². The molecule has 0 heterocycles. The van der Waals surface area contributed by atoms with Gasteiger partial charge in [-0.25, -0.2) is 17.5 Å².